The molecule has 0 spiro atoms. The van der Waals surface area contributed by atoms with Gasteiger partial charge in [0.2, 0.25) is 15.9 Å². The molecule has 1 amide bonds. The summed E-state index contributed by atoms with van der Waals surface area (Å²) in [5, 5.41) is 0. The fourth-order valence-electron chi connectivity index (χ4n) is 3.99. The second-order valence-electron chi connectivity index (χ2n) is 7.94. The SMILES string of the molecule is CN(Cc1ccc(N2CCCCC2)cc1)C(=O)CC1CCN(S(C)(=O)=O)C1. The minimum Gasteiger partial charge on any atom is -0.372 e. The van der Waals surface area contributed by atoms with Gasteiger partial charge in [-0.25, -0.2) is 12.7 Å². The topological polar surface area (TPSA) is 60.9 Å². The minimum absolute atomic E-state index is 0.0791. The first-order valence-electron chi connectivity index (χ1n) is 9.86. The third-order valence-corrected chi connectivity index (χ3v) is 6.95. The van der Waals surface area contributed by atoms with Gasteiger partial charge in [0.05, 0.1) is 6.26 Å². The Labute approximate surface area is 163 Å². The van der Waals surface area contributed by atoms with Crippen molar-refractivity contribution in [3.05, 3.63) is 29.8 Å². The van der Waals surface area contributed by atoms with Gasteiger partial charge in [0.1, 0.15) is 0 Å². The van der Waals surface area contributed by atoms with Crippen LogP contribution in [0.4, 0.5) is 5.69 Å². The number of anilines is 1. The summed E-state index contributed by atoms with van der Waals surface area (Å²) < 4.78 is 24.7. The molecule has 3 rings (SSSR count). The van der Waals surface area contributed by atoms with E-state index in [9.17, 15) is 13.2 Å². The quantitative estimate of drug-likeness (QED) is 0.744. The van der Waals surface area contributed by atoms with Crippen LogP contribution in [0.5, 0.6) is 0 Å². The van der Waals surface area contributed by atoms with Gasteiger partial charge in [0.25, 0.3) is 0 Å². The molecule has 0 saturated carbocycles. The van der Waals surface area contributed by atoms with Crippen molar-refractivity contribution in [2.75, 3.05) is 44.4 Å². The first-order chi connectivity index (χ1) is 12.8. The molecule has 1 unspecified atom stereocenters. The Balaban J connectivity index is 1.49. The number of benzene rings is 1. The predicted octanol–water partition coefficient (Wildman–Crippen LogP) is 2.31. The summed E-state index contributed by atoms with van der Waals surface area (Å²) in [7, 11) is -1.33. The highest BCUT2D eigenvalue weighted by atomic mass is 32.2. The number of carbonyl (C=O) groups is 1. The van der Waals surface area contributed by atoms with Gasteiger partial charge < -0.3 is 9.80 Å². The number of carbonyl (C=O) groups excluding carboxylic acids is 1. The number of amides is 1. The van der Waals surface area contributed by atoms with E-state index in [1.54, 1.807) is 4.90 Å². The van der Waals surface area contributed by atoms with Crippen molar-refractivity contribution in [3.8, 4) is 0 Å². The Morgan fingerprint density at radius 1 is 1.11 bits per heavy atom. The third-order valence-electron chi connectivity index (χ3n) is 5.68. The zero-order chi connectivity index (χ0) is 19.4. The highest BCUT2D eigenvalue weighted by Crippen LogP contribution is 2.23. The van der Waals surface area contributed by atoms with Crippen molar-refractivity contribution in [1.82, 2.24) is 9.21 Å². The highest BCUT2D eigenvalue weighted by Gasteiger charge is 2.30. The molecule has 6 nitrogen and oxygen atoms in total. The zero-order valence-electron chi connectivity index (χ0n) is 16.4. The summed E-state index contributed by atoms with van der Waals surface area (Å²) in [4.78, 5) is 16.7. The number of rotatable bonds is 6. The number of hydrogen-bond acceptors (Lipinski definition) is 4. The van der Waals surface area contributed by atoms with E-state index >= 15 is 0 Å². The Morgan fingerprint density at radius 3 is 2.37 bits per heavy atom. The number of piperidine rings is 1. The maximum atomic E-state index is 12.5. The number of nitrogens with zero attached hydrogens (tertiary/aromatic N) is 3. The Bertz CT molecular complexity index is 742. The molecule has 27 heavy (non-hydrogen) atoms. The predicted molar refractivity (Wildman–Crippen MR) is 108 cm³/mol. The molecular formula is C20H31N3O3S. The van der Waals surface area contributed by atoms with Crippen molar-refractivity contribution in [2.45, 2.75) is 38.6 Å². The van der Waals surface area contributed by atoms with Crippen LogP contribution in [0.15, 0.2) is 24.3 Å². The lowest BCUT2D eigenvalue weighted by Crippen LogP contribution is -2.31. The van der Waals surface area contributed by atoms with Crippen molar-refractivity contribution < 1.29 is 13.2 Å². The second kappa shape index (κ2) is 8.61. The maximum absolute atomic E-state index is 12.5. The molecule has 0 radical (unpaired) electrons. The molecule has 1 aromatic rings. The van der Waals surface area contributed by atoms with E-state index in [2.05, 4.69) is 29.2 Å². The van der Waals surface area contributed by atoms with E-state index in [0.29, 0.717) is 26.1 Å². The number of sulfonamides is 1. The molecule has 1 aromatic carbocycles. The molecule has 1 atom stereocenters. The Kier molecular flexibility index (Phi) is 6.42. The van der Waals surface area contributed by atoms with E-state index in [1.807, 2.05) is 7.05 Å². The van der Waals surface area contributed by atoms with Gasteiger partial charge in [-0.3, -0.25) is 4.79 Å². The zero-order valence-corrected chi connectivity index (χ0v) is 17.2. The average molecular weight is 394 g/mol. The minimum atomic E-state index is -3.15. The molecule has 2 fully saturated rings. The van der Waals surface area contributed by atoms with Crippen LogP contribution in [0.2, 0.25) is 0 Å². The molecular weight excluding hydrogens is 362 g/mol. The van der Waals surface area contributed by atoms with Gasteiger partial charge in [0, 0.05) is 51.9 Å². The van der Waals surface area contributed by atoms with Crippen LogP contribution in [0.3, 0.4) is 0 Å². The van der Waals surface area contributed by atoms with Gasteiger partial charge in [-0.1, -0.05) is 12.1 Å². The molecule has 0 N–H and O–H groups in total. The van der Waals surface area contributed by atoms with Gasteiger partial charge in [-0.15, -0.1) is 0 Å². The third kappa shape index (κ3) is 5.45. The van der Waals surface area contributed by atoms with Crippen molar-refractivity contribution in [3.63, 3.8) is 0 Å². The van der Waals surface area contributed by atoms with Crippen molar-refractivity contribution >= 4 is 21.6 Å². The van der Waals surface area contributed by atoms with E-state index in [1.165, 1.54) is 35.5 Å². The van der Waals surface area contributed by atoms with Gasteiger partial charge in [-0.2, -0.15) is 0 Å². The highest BCUT2D eigenvalue weighted by molar-refractivity contribution is 7.88. The molecule has 2 heterocycles. The molecule has 150 valence electrons. The Morgan fingerprint density at radius 2 is 1.78 bits per heavy atom. The van der Waals surface area contributed by atoms with Gasteiger partial charge >= 0.3 is 0 Å². The summed E-state index contributed by atoms with van der Waals surface area (Å²) in [5.74, 6) is 0.201. The monoisotopic (exact) mass is 393 g/mol. The van der Waals surface area contributed by atoms with Gasteiger partial charge in [0.15, 0.2) is 0 Å². The standard InChI is InChI=1S/C20H31N3O3S/c1-21(20(24)14-18-10-13-23(16-18)27(2,25)26)15-17-6-8-19(9-7-17)22-11-4-3-5-12-22/h6-9,18H,3-5,10-16H2,1-2H3. The fraction of sp³-hybridized carbons (Fsp3) is 0.650. The van der Waals surface area contributed by atoms with Gasteiger partial charge in [-0.05, 0) is 49.3 Å². The summed E-state index contributed by atoms with van der Waals surface area (Å²) in [6.45, 7) is 3.83. The van der Waals surface area contributed by atoms with Crippen LogP contribution in [0.1, 0.15) is 37.7 Å². The molecule has 0 aromatic heterocycles. The molecule has 7 heteroatoms. The molecule has 2 saturated heterocycles. The molecule has 2 aliphatic heterocycles. The molecule has 2 aliphatic rings. The van der Waals surface area contributed by atoms with Crippen LogP contribution in [-0.2, 0) is 21.4 Å². The normalized spacial score (nSPS) is 21.4. The smallest absolute Gasteiger partial charge is 0.222 e. The summed E-state index contributed by atoms with van der Waals surface area (Å²) in [5.41, 5.74) is 2.38. The molecule has 0 bridgehead atoms. The van der Waals surface area contributed by atoms with Crippen molar-refractivity contribution in [2.24, 2.45) is 5.92 Å². The largest absolute Gasteiger partial charge is 0.372 e. The van der Waals surface area contributed by atoms with E-state index in [-0.39, 0.29) is 11.8 Å². The van der Waals surface area contributed by atoms with Crippen LogP contribution < -0.4 is 4.90 Å². The summed E-state index contributed by atoms with van der Waals surface area (Å²) in [6.07, 6.45) is 6.25. The lowest BCUT2D eigenvalue weighted by molar-refractivity contribution is -0.131. The summed E-state index contributed by atoms with van der Waals surface area (Å²) in [6, 6.07) is 8.52. The number of hydrogen-bond donors (Lipinski definition) is 0. The van der Waals surface area contributed by atoms with Crippen LogP contribution in [-0.4, -0.2) is 63.0 Å². The Hall–Kier alpha value is -1.60. The van der Waals surface area contributed by atoms with Crippen LogP contribution >= 0.6 is 0 Å². The van der Waals surface area contributed by atoms with E-state index < -0.39 is 10.0 Å². The van der Waals surface area contributed by atoms with Crippen LogP contribution in [0.25, 0.3) is 0 Å². The maximum Gasteiger partial charge on any atom is 0.222 e. The van der Waals surface area contributed by atoms with E-state index in [4.69, 9.17) is 0 Å². The lowest BCUT2D eigenvalue weighted by atomic mass is 10.0. The van der Waals surface area contributed by atoms with Crippen molar-refractivity contribution in [1.29, 1.82) is 0 Å². The second-order valence-corrected chi connectivity index (χ2v) is 9.93. The molecule has 0 aliphatic carbocycles. The van der Waals surface area contributed by atoms with Crippen LogP contribution in [0, 0.1) is 5.92 Å². The first kappa shape index (κ1) is 20.1. The average Bonchev–Trinajstić information content (AvgIpc) is 3.12. The fourth-order valence-corrected chi connectivity index (χ4v) is 4.91. The first-order valence-corrected chi connectivity index (χ1v) is 11.7. The summed E-state index contributed by atoms with van der Waals surface area (Å²) >= 11 is 0. The van der Waals surface area contributed by atoms with E-state index in [0.717, 1.165) is 25.1 Å². The lowest BCUT2D eigenvalue weighted by Gasteiger charge is -2.29.